The molecule has 0 saturated carbocycles. The molecule has 0 heterocycles. The van der Waals surface area contributed by atoms with Crippen molar-refractivity contribution in [2.75, 3.05) is 6.61 Å². The third-order valence-electron chi connectivity index (χ3n) is 1.08. The molecule has 0 spiro atoms. The zero-order valence-corrected chi connectivity index (χ0v) is 8.36. The van der Waals surface area contributed by atoms with Gasteiger partial charge in [0, 0.05) is 12.1 Å². The van der Waals surface area contributed by atoms with Gasteiger partial charge in [-0.05, 0) is 26.8 Å². The predicted molar refractivity (Wildman–Crippen MR) is 46.4 cm³/mol. The van der Waals surface area contributed by atoms with Crippen molar-refractivity contribution in [1.29, 1.82) is 0 Å². The van der Waals surface area contributed by atoms with Crippen molar-refractivity contribution in [3.63, 3.8) is 0 Å². The Kier molecular flexibility index (Phi) is 4.16. The summed E-state index contributed by atoms with van der Waals surface area (Å²) in [7, 11) is -0.498. The Balaban J connectivity index is 3.47. The minimum absolute atomic E-state index is 0.207. The van der Waals surface area contributed by atoms with E-state index in [1.807, 2.05) is 0 Å². The van der Waals surface area contributed by atoms with Gasteiger partial charge in [0.05, 0.1) is 0 Å². The lowest BCUT2D eigenvalue weighted by molar-refractivity contribution is 0.316. The molecule has 0 aliphatic heterocycles. The lowest BCUT2D eigenvalue weighted by atomic mass is 10.1. The number of hydrogen-bond donors (Lipinski definition) is 2. The molecule has 61 valence electrons. The average Bonchev–Trinajstić information content (AvgIpc) is 1.59. The van der Waals surface area contributed by atoms with E-state index in [9.17, 15) is 0 Å². The Bertz CT molecular complexity index is 90.1. The Labute approximate surface area is 65.3 Å². The van der Waals surface area contributed by atoms with Crippen LogP contribution in [-0.4, -0.2) is 26.2 Å². The smallest absolute Gasteiger partial charge is 0.133 e. The third kappa shape index (κ3) is 6.26. The van der Waals surface area contributed by atoms with Crippen LogP contribution in [0.15, 0.2) is 0 Å². The molecule has 3 heteroatoms. The van der Waals surface area contributed by atoms with Gasteiger partial charge in [-0.25, -0.2) is 0 Å². The second kappa shape index (κ2) is 4.11. The van der Waals surface area contributed by atoms with Crippen LogP contribution in [-0.2, 0) is 0 Å². The second-order valence-corrected chi connectivity index (χ2v) is 5.94. The van der Waals surface area contributed by atoms with Gasteiger partial charge in [-0.2, -0.15) is 0 Å². The zero-order chi connectivity index (χ0) is 8.20. The van der Waals surface area contributed by atoms with Crippen molar-refractivity contribution in [3.8, 4) is 0 Å². The molecule has 0 unspecified atom stereocenters. The molecule has 0 bridgehead atoms. The number of aliphatic hydroxyl groups is 1. The summed E-state index contributed by atoms with van der Waals surface area (Å²) in [5.41, 5.74) is 0.207. The van der Waals surface area contributed by atoms with E-state index in [1.165, 1.54) is 0 Å². The summed E-state index contributed by atoms with van der Waals surface area (Å²) in [4.78, 5) is 3.46. The van der Waals surface area contributed by atoms with E-state index in [0.29, 0.717) is 6.61 Å². The topological polar surface area (TPSA) is 32.3 Å². The molecule has 0 fully saturated rings. The van der Waals surface area contributed by atoms with Crippen molar-refractivity contribution < 1.29 is 5.11 Å². The van der Waals surface area contributed by atoms with Gasteiger partial charge in [0.15, 0.2) is 0 Å². The van der Waals surface area contributed by atoms with Crippen LogP contribution >= 0.6 is 0 Å². The number of nitrogens with one attached hydrogen (secondary N) is 1. The van der Waals surface area contributed by atoms with Gasteiger partial charge < -0.3 is 10.1 Å². The highest BCUT2D eigenvalue weighted by Crippen LogP contribution is 2.00. The van der Waals surface area contributed by atoms with Gasteiger partial charge in [0.25, 0.3) is 0 Å². The molecule has 0 saturated heterocycles. The van der Waals surface area contributed by atoms with Crippen molar-refractivity contribution in [2.45, 2.75) is 38.9 Å². The molecule has 0 aliphatic carbocycles. The Hall–Kier alpha value is 0.137. The highest BCUT2D eigenvalue weighted by atomic mass is 28.3. The monoisotopic (exact) mass is 160 g/mol. The summed E-state index contributed by atoms with van der Waals surface area (Å²) >= 11 is 0. The number of rotatable bonds is 3. The lowest BCUT2D eigenvalue weighted by Gasteiger charge is -2.24. The van der Waals surface area contributed by atoms with Crippen LogP contribution in [0.2, 0.25) is 12.6 Å². The number of aliphatic hydroxyl groups excluding tert-OH is 1. The second-order valence-electron chi connectivity index (χ2n) is 3.63. The number of hydrogen-bond acceptors (Lipinski definition) is 2. The normalized spacial score (nSPS) is 12.6. The fourth-order valence-corrected chi connectivity index (χ4v) is 2.61. The fourth-order valence-electron chi connectivity index (χ4n) is 0.870. The van der Waals surface area contributed by atoms with Crippen LogP contribution in [0, 0.1) is 0 Å². The first-order chi connectivity index (χ1) is 4.45. The first kappa shape index (κ1) is 10.1. The molecule has 0 aromatic heterocycles. The highest BCUT2D eigenvalue weighted by Gasteiger charge is 2.13. The molecular weight excluding hydrogens is 142 g/mol. The molecule has 2 N–H and O–H groups in total. The molecule has 0 rings (SSSR count). The highest BCUT2D eigenvalue weighted by molar-refractivity contribution is 6.54. The molecule has 0 atom stereocenters. The molecular formula is C7H18NOSi. The van der Waals surface area contributed by atoms with Gasteiger partial charge in [0.1, 0.15) is 8.96 Å². The van der Waals surface area contributed by atoms with Crippen molar-refractivity contribution in [1.82, 2.24) is 4.98 Å². The molecule has 0 aromatic carbocycles. The van der Waals surface area contributed by atoms with Crippen LogP contribution in [0.5, 0.6) is 0 Å². The largest absolute Gasteiger partial charge is 0.397 e. The van der Waals surface area contributed by atoms with Crippen LogP contribution in [0.1, 0.15) is 20.8 Å². The summed E-state index contributed by atoms with van der Waals surface area (Å²) in [6.45, 7) is 8.95. The maximum Gasteiger partial charge on any atom is 0.133 e. The standard InChI is InChI=1S/C7H18NOSi/c1-7(2,3)8-10(4)6-5-9/h8-9H,5-6H2,1-4H3. The fraction of sp³-hybridized carbons (Fsp3) is 1.00. The van der Waals surface area contributed by atoms with Gasteiger partial charge in [0.2, 0.25) is 0 Å². The lowest BCUT2D eigenvalue weighted by Crippen LogP contribution is -2.45. The Morgan fingerprint density at radius 3 is 2.20 bits per heavy atom. The first-order valence-corrected chi connectivity index (χ1v) is 5.88. The van der Waals surface area contributed by atoms with E-state index < -0.39 is 8.96 Å². The Morgan fingerprint density at radius 2 is 1.90 bits per heavy atom. The molecule has 0 aliphatic rings. The van der Waals surface area contributed by atoms with Crippen LogP contribution in [0.3, 0.4) is 0 Å². The van der Waals surface area contributed by atoms with E-state index in [-0.39, 0.29) is 5.54 Å². The molecule has 0 amide bonds. The maximum atomic E-state index is 8.62. The van der Waals surface area contributed by atoms with Gasteiger partial charge >= 0.3 is 0 Å². The summed E-state index contributed by atoms with van der Waals surface area (Å²) in [5, 5.41) is 8.62. The molecule has 0 aromatic rings. The maximum absolute atomic E-state index is 8.62. The molecule has 1 radical (unpaired) electrons. The average molecular weight is 160 g/mol. The Morgan fingerprint density at radius 1 is 1.40 bits per heavy atom. The minimum Gasteiger partial charge on any atom is -0.397 e. The zero-order valence-electron chi connectivity index (χ0n) is 7.36. The van der Waals surface area contributed by atoms with E-state index in [2.05, 4.69) is 32.3 Å². The first-order valence-electron chi connectivity index (χ1n) is 3.67. The summed E-state index contributed by atoms with van der Waals surface area (Å²) in [5.74, 6) is 0. The van der Waals surface area contributed by atoms with Crippen LogP contribution in [0.4, 0.5) is 0 Å². The van der Waals surface area contributed by atoms with E-state index in [1.54, 1.807) is 0 Å². The molecule has 2 nitrogen and oxygen atoms in total. The summed E-state index contributed by atoms with van der Waals surface area (Å²) in [6.07, 6.45) is 0. The predicted octanol–water partition coefficient (Wildman–Crippen LogP) is 0.988. The van der Waals surface area contributed by atoms with Crippen LogP contribution < -0.4 is 4.98 Å². The quantitative estimate of drug-likeness (QED) is 0.603. The van der Waals surface area contributed by atoms with Crippen LogP contribution in [0.25, 0.3) is 0 Å². The van der Waals surface area contributed by atoms with Gasteiger partial charge in [-0.3, -0.25) is 0 Å². The third-order valence-corrected chi connectivity index (χ3v) is 3.23. The minimum atomic E-state index is -0.498. The van der Waals surface area contributed by atoms with Gasteiger partial charge in [-0.1, -0.05) is 6.55 Å². The molecule has 10 heavy (non-hydrogen) atoms. The van der Waals surface area contributed by atoms with Crippen molar-refractivity contribution in [3.05, 3.63) is 0 Å². The van der Waals surface area contributed by atoms with E-state index in [4.69, 9.17) is 5.11 Å². The van der Waals surface area contributed by atoms with Gasteiger partial charge in [-0.15, -0.1) is 0 Å². The van der Waals surface area contributed by atoms with Crippen molar-refractivity contribution in [2.24, 2.45) is 0 Å². The SMILES string of the molecule is C[Si](CCO)NC(C)(C)C. The van der Waals surface area contributed by atoms with E-state index in [0.717, 1.165) is 6.04 Å². The van der Waals surface area contributed by atoms with Crippen molar-refractivity contribution >= 4 is 8.96 Å². The van der Waals surface area contributed by atoms with E-state index >= 15 is 0 Å². The summed E-state index contributed by atoms with van der Waals surface area (Å²) in [6, 6.07) is 0.932. The summed E-state index contributed by atoms with van der Waals surface area (Å²) < 4.78 is 0.